The highest BCUT2D eigenvalue weighted by atomic mass is 35.5. The third kappa shape index (κ3) is 5.26. The number of hydrogen-bond acceptors (Lipinski definition) is 4. The van der Waals surface area contributed by atoms with Crippen molar-refractivity contribution in [2.45, 2.75) is 38.8 Å². The van der Waals surface area contributed by atoms with E-state index in [-0.39, 0.29) is 18.4 Å². The molecule has 0 radical (unpaired) electrons. The molecule has 1 aliphatic rings. The minimum Gasteiger partial charge on any atom is -0.354 e. The molecule has 1 aliphatic heterocycles. The molecule has 2 rings (SSSR count). The van der Waals surface area contributed by atoms with Crippen molar-refractivity contribution in [3.63, 3.8) is 0 Å². The van der Waals surface area contributed by atoms with E-state index >= 15 is 0 Å². The zero-order chi connectivity index (χ0) is 15.9. The van der Waals surface area contributed by atoms with Gasteiger partial charge in [0.2, 0.25) is 11.8 Å². The number of halogens is 1. The largest absolute Gasteiger partial charge is 0.354 e. The van der Waals surface area contributed by atoms with Crippen LogP contribution in [0.3, 0.4) is 0 Å². The van der Waals surface area contributed by atoms with Gasteiger partial charge in [-0.05, 0) is 37.9 Å². The Bertz CT molecular complexity index is 521. The highest BCUT2D eigenvalue weighted by molar-refractivity contribution is 7.16. The molecular weight excluding hydrogens is 322 g/mol. The lowest BCUT2D eigenvalue weighted by atomic mass is 10.1. The minimum atomic E-state index is -0.398. The van der Waals surface area contributed by atoms with Gasteiger partial charge in [0, 0.05) is 18.0 Å². The van der Waals surface area contributed by atoms with Gasteiger partial charge in [-0.25, -0.2) is 0 Å². The number of carbonyl (C=O) groups is 2. The van der Waals surface area contributed by atoms with Crippen molar-refractivity contribution < 1.29 is 9.59 Å². The molecule has 0 unspecified atom stereocenters. The first-order valence-electron chi connectivity index (χ1n) is 7.62. The second-order valence-corrected chi connectivity index (χ2v) is 7.22. The first kappa shape index (κ1) is 17.2. The first-order chi connectivity index (χ1) is 10.6. The molecule has 1 fully saturated rings. The second kappa shape index (κ2) is 8.50. The van der Waals surface area contributed by atoms with Crippen LogP contribution in [0.15, 0.2) is 12.1 Å². The van der Waals surface area contributed by atoms with Gasteiger partial charge in [0.1, 0.15) is 6.04 Å². The van der Waals surface area contributed by atoms with Crippen molar-refractivity contribution in [3.8, 4) is 0 Å². The van der Waals surface area contributed by atoms with Gasteiger partial charge < -0.3 is 10.6 Å². The molecule has 5 nitrogen and oxygen atoms in total. The Labute approximate surface area is 140 Å². The summed E-state index contributed by atoms with van der Waals surface area (Å²) in [7, 11) is 0. The number of nitrogens with one attached hydrogen (secondary N) is 2. The van der Waals surface area contributed by atoms with Crippen LogP contribution >= 0.6 is 22.9 Å². The summed E-state index contributed by atoms with van der Waals surface area (Å²) >= 11 is 7.45. The number of rotatable bonds is 6. The smallest absolute Gasteiger partial charge is 0.242 e. The molecule has 0 saturated carbocycles. The Morgan fingerprint density at radius 2 is 2.32 bits per heavy atom. The van der Waals surface area contributed by atoms with E-state index in [0.717, 1.165) is 28.6 Å². The van der Waals surface area contributed by atoms with Crippen LogP contribution in [0.25, 0.3) is 0 Å². The molecule has 1 saturated heterocycles. The lowest BCUT2D eigenvalue weighted by Crippen LogP contribution is -2.48. The highest BCUT2D eigenvalue weighted by Crippen LogP contribution is 2.22. The van der Waals surface area contributed by atoms with E-state index in [9.17, 15) is 9.59 Å². The van der Waals surface area contributed by atoms with E-state index in [1.54, 1.807) is 0 Å². The maximum Gasteiger partial charge on any atom is 0.242 e. The van der Waals surface area contributed by atoms with Crippen molar-refractivity contribution in [3.05, 3.63) is 21.3 Å². The van der Waals surface area contributed by atoms with Gasteiger partial charge in [-0.15, -0.1) is 11.3 Å². The number of thiophene rings is 1. The fourth-order valence-electron chi connectivity index (χ4n) is 2.46. The highest BCUT2D eigenvalue weighted by Gasteiger charge is 2.23. The molecule has 122 valence electrons. The topological polar surface area (TPSA) is 61.4 Å². The molecule has 2 amide bonds. The number of likely N-dealkylation sites (N-methyl/N-ethyl adjacent to an activating group) is 1. The van der Waals surface area contributed by atoms with Crippen molar-refractivity contribution in [1.29, 1.82) is 0 Å². The summed E-state index contributed by atoms with van der Waals surface area (Å²) < 4.78 is 0.755. The van der Waals surface area contributed by atoms with Gasteiger partial charge in [-0.2, -0.15) is 0 Å². The fraction of sp³-hybridized carbons (Fsp3) is 0.600. The van der Waals surface area contributed by atoms with E-state index in [1.165, 1.54) is 11.3 Å². The Morgan fingerprint density at radius 3 is 3.00 bits per heavy atom. The molecule has 22 heavy (non-hydrogen) atoms. The van der Waals surface area contributed by atoms with Gasteiger partial charge >= 0.3 is 0 Å². The second-order valence-electron chi connectivity index (χ2n) is 5.42. The normalized spacial score (nSPS) is 18.9. The summed E-state index contributed by atoms with van der Waals surface area (Å²) in [6.45, 7) is 4.46. The van der Waals surface area contributed by atoms with Crippen LogP contribution in [0.1, 0.15) is 31.1 Å². The fourth-order valence-corrected chi connectivity index (χ4v) is 3.59. The molecule has 2 heterocycles. The van der Waals surface area contributed by atoms with E-state index < -0.39 is 6.04 Å². The van der Waals surface area contributed by atoms with E-state index in [4.69, 9.17) is 11.6 Å². The summed E-state index contributed by atoms with van der Waals surface area (Å²) in [6.07, 6.45) is 2.64. The lowest BCUT2D eigenvalue weighted by Gasteiger charge is -2.21. The van der Waals surface area contributed by atoms with Gasteiger partial charge in [0.25, 0.3) is 0 Å². The summed E-state index contributed by atoms with van der Waals surface area (Å²) in [4.78, 5) is 27.2. The van der Waals surface area contributed by atoms with E-state index in [0.29, 0.717) is 19.5 Å². The zero-order valence-corrected chi connectivity index (χ0v) is 14.3. The molecule has 2 N–H and O–H groups in total. The summed E-state index contributed by atoms with van der Waals surface area (Å²) in [5, 5.41) is 5.68. The van der Waals surface area contributed by atoms with Crippen molar-refractivity contribution in [2.24, 2.45) is 0 Å². The molecular formula is C15H22ClN3O2S. The van der Waals surface area contributed by atoms with Crippen LogP contribution < -0.4 is 10.6 Å². The van der Waals surface area contributed by atoms with Gasteiger partial charge in [0.05, 0.1) is 10.9 Å². The van der Waals surface area contributed by atoms with Crippen LogP contribution in [0.2, 0.25) is 4.34 Å². The maximum atomic E-state index is 12.2. The first-order valence-corrected chi connectivity index (χ1v) is 8.81. The number of carbonyl (C=O) groups excluding carboxylic acids is 2. The van der Waals surface area contributed by atoms with Crippen molar-refractivity contribution >= 4 is 34.8 Å². The quantitative estimate of drug-likeness (QED) is 0.830. The van der Waals surface area contributed by atoms with Gasteiger partial charge in [-0.1, -0.05) is 18.5 Å². The van der Waals surface area contributed by atoms with Crippen molar-refractivity contribution in [2.75, 3.05) is 19.6 Å². The van der Waals surface area contributed by atoms with Crippen LogP contribution in [0, 0.1) is 0 Å². The van der Waals surface area contributed by atoms with E-state index in [2.05, 4.69) is 10.6 Å². The zero-order valence-electron chi connectivity index (χ0n) is 12.7. The lowest BCUT2D eigenvalue weighted by molar-refractivity contribution is -0.129. The Morgan fingerprint density at radius 1 is 1.50 bits per heavy atom. The molecule has 0 bridgehead atoms. The molecule has 0 aliphatic carbocycles. The average molecular weight is 344 g/mol. The van der Waals surface area contributed by atoms with Crippen LogP contribution in [0.4, 0.5) is 0 Å². The number of amides is 2. The number of hydrogen-bond donors (Lipinski definition) is 2. The molecule has 1 aromatic heterocycles. The Balaban J connectivity index is 1.84. The third-order valence-corrected chi connectivity index (χ3v) is 4.91. The molecule has 1 aromatic rings. The predicted molar refractivity (Wildman–Crippen MR) is 89.1 cm³/mol. The summed E-state index contributed by atoms with van der Waals surface area (Å²) in [5.41, 5.74) is 0. The van der Waals surface area contributed by atoms with Crippen LogP contribution in [0.5, 0.6) is 0 Å². The predicted octanol–water partition coefficient (Wildman–Crippen LogP) is 2.01. The molecule has 7 heteroatoms. The standard InChI is InChI=1S/C15H22ClN3O2S/c1-2-19(9-11-6-7-13(16)22-11)10-14(20)18-12-5-3-4-8-17-15(12)21/h6-7,12H,2-5,8-10H2,1H3,(H,17,21)(H,18,20)/t12-/m0/s1. The monoisotopic (exact) mass is 343 g/mol. The van der Waals surface area contributed by atoms with E-state index in [1.807, 2.05) is 24.0 Å². The SMILES string of the molecule is CCN(CC(=O)N[C@H]1CCCCNC1=O)Cc1ccc(Cl)s1. The Hall–Kier alpha value is -1.11. The van der Waals surface area contributed by atoms with Crippen molar-refractivity contribution in [1.82, 2.24) is 15.5 Å². The molecule has 0 spiro atoms. The molecule has 1 atom stereocenters. The van der Waals surface area contributed by atoms with Crippen LogP contribution in [-0.2, 0) is 16.1 Å². The maximum absolute atomic E-state index is 12.2. The van der Waals surface area contributed by atoms with Crippen LogP contribution in [-0.4, -0.2) is 42.4 Å². The van der Waals surface area contributed by atoms with Gasteiger partial charge in [0.15, 0.2) is 0 Å². The summed E-state index contributed by atoms with van der Waals surface area (Å²) in [5.74, 6) is -0.175. The third-order valence-electron chi connectivity index (χ3n) is 3.69. The Kier molecular flexibility index (Phi) is 6.67. The number of nitrogens with zero attached hydrogens (tertiary/aromatic N) is 1. The summed E-state index contributed by atoms with van der Waals surface area (Å²) in [6, 6.07) is 3.45. The molecule has 0 aromatic carbocycles. The minimum absolute atomic E-state index is 0.0704. The van der Waals surface area contributed by atoms with Gasteiger partial charge in [-0.3, -0.25) is 14.5 Å². The average Bonchev–Trinajstić information content (AvgIpc) is 2.79.